The summed E-state index contributed by atoms with van der Waals surface area (Å²) in [6.07, 6.45) is 5.45. The Hall–Kier alpha value is -2.69. The molecule has 3 rings (SSSR count). The number of fused-ring (bicyclic) bond motifs is 1. The number of carbonyl (C=O) groups excluding carboxylic acids is 2. The zero-order valence-corrected chi connectivity index (χ0v) is 15.4. The van der Waals surface area contributed by atoms with Crippen molar-refractivity contribution in [3.05, 3.63) is 59.4 Å². The first-order chi connectivity index (χ1) is 12.6. The van der Waals surface area contributed by atoms with Crippen LogP contribution in [-0.2, 0) is 6.42 Å². The third-order valence-electron chi connectivity index (χ3n) is 4.78. The Balaban J connectivity index is 1.82. The first kappa shape index (κ1) is 18.1. The Morgan fingerprint density at radius 2 is 2.04 bits per heavy atom. The topological polar surface area (TPSA) is 53.5 Å². The van der Waals surface area contributed by atoms with Crippen molar-refractivity contribution in [2.45, 2.75) is 32.6 Å². The molecule has 0 saturated heterocycles. The lowest BCUT2D eigenvalue weighted by Crippen LogP contribution is -2.35. The molecule has 2 amide bonds. The summed E-state index contributed by atoms with van der Waals surface area (Å²) >= 11 is 0. The van der Waals surface area contributed by atoms with Gasteiger partial charge in [0.1, 0.15) is 5.69 Å². The summed E-state index contributed by atoms with van der Waals surface area (Å²) in [4.78, 5) is 33.2. The molecule has 0 unspecified atom stereocenters. The summed E-state index contributed by atoms with van der Waals surface area (Å²) in [7, 11) is 1.77. The highest BCUT2D eigenvalue weighted by atomic mass is 16.2. The second kappa shape index (κ2) is 8.13. The van der Waals surface area contributed by atoms with Crippen molar-refractivity contribution >= 4 is 17.5 Å². The second-order valence-corrected chi connectivity index (χ2v) is 6.70. The average molecular weight is 351 g/mol. The summed E-state index contributed by atoms with van der Waals surface area (Å²) in [6.45, 7) is 3.47. The molecule has 0 atom stereocenters. The number of aryl methyl sites for hydroxylation is 1. The fraction of sp³-hybridized carbons (Fsp3) is 0.381. The molecule has 0 spiro atoms. The maximum absolute atomic E-state index is 13.1. The number of benzene rings is 1. The van der Waals surface area contributed by atoms with Crippen molar-refractivity contribution in [3.63, 3.8) is 0 Å². The number of unbranched alkanes of at least 4 members (excludes halogenated alkanes) is 1. The van der Waals surface area contributed by atoms with E-state index < -0.39 is 0 Å². The number of amides is 2. The van der Waals surface area contributed by atoms with Crippen molar-refractivity contribution in [2.75, 3.05) is 25.0 Å². The molecular weight excluding hydrogens is 326 g/mol. The van der Waals surface area contributed by atoms with E-state index >= 15 is 0 Å². The molecular formula is C21H25N3O2. The molecule has 5 nitrogen and oxygen atoms in total. The van der Waals surface area contributed by atoms with Gasteiger partial charge < -0.3 is 9.80 Å². The van der Waals surface area contributed by atoms with E-state index in [2.05, 4.69) is 18.0 Å². The number of rotatable bonds is 5. The Kier molecular flexibility index (Phi) is 5.66. The summed E-state index contributed by atoms with van der Waals surface area (Å²) < 4.78 is 0. The summed E-state index contributed by atoms with van der Waals surface area (Å²) in [6, 6.07) is 11.3. The quantitative estimate of drug-likeness (QED) is 0.828. The van der Waals surface area contributed by atoms with Crippen molar-refractivity contribution in [1.82, 2.24) is 9.88 Å². The van der Waals surface area contributed by atoms with Crippen LogP contribution in [0.1, 0.15) is 52.6 Å². The highest BCUT2D eigenvalue weighted by molar-refractivity contribution is 6.07. The van der Waals surface area contributed by atoms with E-state index in [-0.39, 0.29) is 11.8 Å². The SMILES string of the molecule is CCCCN(C)C(=O)c1cc(C(=O)N2CCCc3ccccc32)ccn1. The highest BCUT2D eigenvalue weighted by Crippen LogP contribution is 2.28. The Labute approximate surface area is 154 Å². The van der Waals surface area contributed by atoms with Crippen LogP contribution in [0.5, 0.6) is 0 Å². The van der Waals surface area contributed by atoms with E-state index in [0.717, 1.165) is 31.4 Å². The molecule has 0 aliphatic carbocycles. The third kappa shape index (κ3) is 3.77. The van der Waals surface area contributed by atoms with E-state index in [1.54, 1.807) is 30.3 Å². The van der Waals surface area contributed by atoms with Gasteiger partial charge in [-0.1, -0.05) is 31.5 Å². The van der Waals surface area contributed by atoms with Crippen LogP contribution in [0.4, 0.5) is 5.69 Å². The number of hydrogen-bond acceptors (Lipinski definition) is 3. The van der Waals surface area contributed by atoms with Gasteiger partial charge in [0.05, 0.1) is 0 Å². The van der Waals surface area contributed by atoms with E-state index in [0.29, 0.717) is 24.3 Å². The lowest BCUT2D eigenvalue weighted by atomic mass is 10.0. The van der Waals surface area contributed by atoms with Gasteiger partial charge in [-0.2, -0.15) is 0 Å². The molecule has 1 aliphatic rings. The molecule has 1 aromatic carbocycles. The number of anilines is 1. The minimum atomic E-state index is -0.146. The lowest BCUT2D eigenvalue weighted by Gasteiger charge is -2.29. The fourth-order valence-electron chi connectivity index (χ4n) is 3.27. The number of nitrogens with zero attached hydrogens (tertiary/aromatic N) is 3. The van der Waals surface area contributed by atoms with Crippen molar-refractivity contribution in [1.29, 1.82) is 0 Å². The monoisotopic (exact) mass is 351 g/mol. The second-order valence-electron chi connectivity index (χ2n) is 6.70. The molecule has 0 saturated carbocycles. The smallest absolute Gasteiger partial charge is 0.272 e. The summed E-state index contributed by atoms with van der Waals surface area (Å²) in [5.74, 6) is -0.225. The van der Waals surface area contributed by atoms with Gasteiger partial charge in [0.15, 0.2) is 0 Å². The molecule has 0 N–H and O–H groups in total. The molecule has 2 heterocycles. The molecule has 0 radical (unpaired) electrons. The summed E-state index contributed by atoms with van der Waals surface area (Å²) in [5, 5.41) is 0. The van der Waals surface area contributed by atoms with Crippen LogP contribution < -0.4 is 4.90 Å². The van der Waals surface area contributed by atoms with Gasteiger partial charge in [0.2, 0.25) is 0 Å². The van der Waals surface area contributed by atoms with Gasteiger partial charge in [0.25, 0.3) is 11.8 Å². The molecule has 136 valence electrons. The van der Waals surface area contributed by atoms with Crippen molar-refractivity contribution in [3.8, 4) is 0 Å². The van der Waals surface area contributed by atoms with Crippen LogP contribution in [0.15, 0.2) is 42.6 Å². The van der Waals surface area contributed by atoms with E-state index in [1.165, 1.54) is 5.56 Å². The van der Waals surface area contributed by atoms with Gasteiger partial charge in [-0.25, -0.2) is 0 Å². The third-order valence-corrected chi connectivity index (χ3v) is 4.78. The van der Waals surface area contributed by atoms with Crippen LogP contribution >= 0.6 is 0 Å². The van der Waals surface area contributed by atoms with Gasteiger partial charge >= 0.3 is 0 Å². The average Bonchev–Trinajstić information content (AvgIpc) is 2.70. The molecule has 0 bridgehead atoms. The van der Waals surface area contributed by atoms with Crippen molar-refractivity contribution in [2.24, 2.45) is 0 Å². The van der Waals surface area contributed by atoms with Crippen LogP contribution in [0, 0.1) is 0 Å². The predicted octanol–water partition coefficient (Wildman–Crippen LogP) is 3.55. The standard InChI is InChI=1S/C21H25N3O2/c1-3-4-13-23(2)21(26)18-15-17(11-12-22-18)20(25)24-14-7-9-16-8-5-6-10-19(16)24/h5-6,8,10-12,15H,3-4,7,9,13-14H2,1-2H3. The zero-order valence-electron chi connectivity index (χ0n) is 15.4. The highest BCUT2D eigenvalue weighted by Gasteiger charge is 2.24. The van der Waals surface area contributed by atoms with Gasteiger partial charge in [-0.15, -0.1) is 0 Å². The predicted molar refractivity (Wildman–Crippen MR) is 103 cm³/mol. The molecule has 5 heteroatoms. The van der Waals surface area contributed by atoms with E-state index in [4.69, 9.17) is 0 Å². The van der Waals surface area contributed by atoms with Crippen LogP contribution in [0.3, 0.4) is 0 Å². The van der Waals surface area contributed by atoms with Crippen molar-refractivity contribution < 1.29 is 9.59 Å². The van der Waals surface area contributed by atoms with Crippen LogP contribution in [0.25, 0.3) is 0 Å². The van der Waals surface area contributed by atoms with Gasteiger partial charge in [-0.05, 0) is 43.0 Å². The number of carbonyl (C=O) groups is 2. The molecule has 0 fully saturated rings. The normalized spacial score (nSPS) is 13.2. The first-order valence-corrected chi connectivity index (χ1v) is 9.23. The number of pyridine rings is 1. The largest absolute Gasteiger partial charge is 0.340 e. The van der Waals surface area contributed by atoms with Gasteiger partial charge in [-0.3, -0.25) is 14.6 Å². The molecule has 1 aromatic heterocycles. The Bertz CT molecular complexity index is 803. The number of aromatic nitrogens is 1. The lowest BCUT2D eigenvalue weighted by molar-refractivity contribution is 0.0787. The maximum atomic E-state index is 13.1. The van der Waals surface area contributed by atoms with Gasteiger partial charge in [0, 0.05) is 37.6 Å². The Morgan fingerprint density at radius 3 is 2.85 bits per heavy atom. The van der Waals surface area contributed by atoms with Crippen LogP contribution in [-0.4, -0.2) is 41.8 Å². The number of hydrogen-bond donors (Lipinski definition) is 0. The molecule has 1 aliphatic heterocycles. The first-order valence-electron chi connectivity index (χ1n) is 9.23. The maximum Gasteiger partial charge on any atom is 0.272 e. The fourth-order valence-corrected chi connectivity index (χ4v) is 3.27. The Morgan fingerprint density at radius 1 is 1.23 bits per heavy atom. The minimum absolute atomic E-state index is 0.0789. The van der Waals surface area contributed by atoms with E-state index in [1.807, 2.05) is 23.1 Å². The van der Waals surface area contributed by atoms with E-state index in [9.17, 15) is 9.59 Å². The molecule has 26 heavy (non-hydrogen) atoms. The minimum Gasteiger partial charge on any atom is -0.340 e. The molecule has 2 aromatic rings. The zero-order chi connectivity index (χ0) is 18.5. The summed E-state index contributed by atoms with van der Waals surface area (Å²) in [5.41, 5.74) is 2.98. The van der Waals surface area contributed by atoms with Crippen LogP contribution in [0.2, 0.25) is 0 Å². The number of para-hydroxylation sites is 1.